The molecule has 2 atom stereocenters. The Morgan fingerprint density at radius 1 is 1.00 bits per heavy atom. The van der Waals surface area contributed by atoms with Gasteiger partial charge in [0.05, 0.1) is 0 Å². The first-order valence-corrected chi connectivity index (χ1v) is 9.57. The minimum Gasteiger partial charge on any atom is -0.480 e. The zero-order chi connectivity index (χ0) is 23.0. The molecule has 29 heavy (non-hydrogen) atoms. The number of ether oxygens (including phenoxy) is 2. The lowest BCUT2D eigenvalue weighted by molar-refractivity contribution is -0.149. The van der Waals surface area contributed by atoms with Gasteiger partial charge < -0.3 is 25.6 Å². The Hall–Kier alpha value is -2.36. The lowest BCUT2D eigenvalue weighted by Crippen LogP contribution is -2.56. The lowest BCUT2D eigenvalue weighted by Gasteiger charge is -2.31. The number of hydrogen-bond acceptors (Lipinski definition) is 7. The first kappa shape index (κ1) is 26.6. The molecule has 4 N–H and O–H groups in total. The molecule has 0 aromatic heterocycles. The molecule has 0 saturated heterocycles. The second-order valence-electron chi connectivity index (χ2n) is 8.69. The molecule has 10 nitrogen and oxygen atoms in total. The van der Waals surface area contributed by atoms with Crippen molar-refractivity contribution in [3.05, 3.63) is 0 Å². The van der Waals surface area contributed by atoms with Crippen LogP contribution in [0.2, 0.25) is 0 Å². The van der Waals surface area contributed by atoms with E-state index in [1.54, 1.807) is 41.5 Å². The Morgan fingerprint density at radius 3 is 1.93 bits per heavy atom. The summed E-state index contributed by atoms with van der Waals surface area (Å²) in [5.41, 5.74) is 3.74. The molecule has 168 valence electrons. The van der Waals surface area contributed by atoms with Crippen molar-refractivity contribution in [1.29, 1.82) is 0 Å². The number of nitrogens with zero attached hydrogens (tertiary/aromatic N) is 1. The molecule has 0 aromatic carbocycles. The van der Waals surface area contributed by atoms with Gasteiger partial charge in [-0.1, -0.05) is 0 Å². The number of unbranched alkanes of at least 4 members (excludes halogenated alkanes) is 1. The van der Waals surface area contributed by atoms with Gasteiger partial charge in [0.25, 0.3) is 5.91 Å². The van der Waals surface area contributed by atoms with Gasteiger partial charge in [-0.05, 0) is 74.3 Å². The highest BCUT2D eigenvalue weighted by Gasteiger charge is 2.39. The van der Waals surface area contributed by atoms with Crippen molar-refractivity contribution in [2.24, 2.45) is 5.73 Å². The number of alkyl carbamates (subject to hydrolysis) is 1. The van der Waals surface area contributed by atoms with E-state index in [0.29, 0.717) is 24.3 Å². The van der Waals surface area contributed by atoms with E-state index in [1.807, 2.05) is 0 Å². The maximum absolute atomic E-state index is 13.1. The topological polar surface area (TPSA) is 148 Å². The molecule has 10 heteroatoms. The Labute approximate surface area is 172 Å². The minimum absolute atomic E-state index is 0.154. The first-order chi connectivity index (χ1) is 13.1. The van der Waals surface area contributed by atoms with Crippen molar-refractivity contribution in [3.63, 3.8) is 0 Å². The molecule has 0 radical (unpaired) electrons. The summed E-state index contributed by atoms with van der Waals surface area (Å²) in [6.07, 6.45) is -0.739. The smallest absolute Gasteiger partial charge is 0.417 e. The molecule has 0 fully saturated rings. The number of carbonyl (C=O) groups excluding carboxylic acids is 3. The number of amides is 3. The fourth-order valence-electron chi connectivity index (χ4n) is 2.23. The molecule has 0 aliphatic heterocycles. The lowest BCUT2D eigenvalue weighted by atomic mass is 10.1. The van der Waals surface area contributed by atoms with Crippen molar-refractivity contribution in [2.75, 3.05) is 6.54 Å². The van der Waals surface area contributed by atoms with Crippen LogP contribution in [0.5, 0.6) is 0 Å². The van der Waals surface area contributed by atoms with Gasteiger partial charge in [-0.2, -0.15) is 0 Å². The van der Waals surface area contributed by atoms with Crippen molar-refractivity contribution in [3.8, 4) is 0 Å². The van der Waals surface area contributed by atoms with Crippen LogP contribution in [0.3, 0.4) is 0 Å². The highest BCUT2D eigenvalue weighted by Crippen LogP contribution is 2.16. The molecule has 0 bridgehead atoms. The van der Waals surface area contributed by atoms with Gasteiger partial charge in [0.15, 0.2) is 0 Å². The first-order valence-electron chi connectivity index (χ1n) is 9.57. The predicted octanol–water partition coefficient (Wildman–Crippen LogP) is 2.25. The predicted molar refractivity (Wildman–Crippen MR) is 106 cm³/mol. The highest BCUT2D eigenvalue weighted by molar-refractivity contribution is 5.99. The maximum atomic E-state index is 13.1. The summed E-state index contributed by atoms with van der Waals surface area (Å²) in [6.45, 7) is 11.3. The molecule has 0 heterocycles. The average Bonchev–Trinajstić information content (AvgIpc) is 2.50. The third kappa shape index (κ3) is 10.7. The zero-order valence-corrected chi connectivity index (χ0v) is 18.4. The summed E-state index contributed by atoms with van der Waals surface area (Å²) < 4.78 is 10.4. The fourth-order valence-corrected chi connectivity index (χ4v) is 2.23. The van der Waals surface area contributed by atoms with Crippen LogP contribution in [0.1, 0.15) is 67.7 Å². The van der Waals surface area contributed by atoms with E-state index in [9.17, 15) is 24.3 Å². The Balaban J connectivity index is 5.72. The molecule has 3 amide bonds. The van der Waals surface area contributed by atoms with Gasteiger partial charge in [-0.3, -0.25) is 4.79 Å². The third-order valence-electron chi connectivity index (χ3n) is 3.51. The number of nitrogens with one attached hydrogen (secondary N) is 1. The monoisotopic (exact) mass is 417 g/mol. The van der Waals surface area contributed by atoms with Crippen molar-refractivity contribution in [2.45, 2.75) is 91.0 Å². The van der Waals surface area contributed by atoms with Crippen molar-refractivity contribution in [1.82, 2.24) is 10.2 Å². The number of hydrogen-bond donors (Lipinski definition) is 3. The number of nitrogens with two attached hydrogens (primary N) is 1. The van der Waals surface area contributed by atoms with Crippen LogP contribution in [-0.4, -0.2) is 63.9 Å². The second kappa shape index (κ2) is 11.0. The van der Waals surface area contributed by atoms with E-state index in [1.165, 1.54) is 6.92 Å². The third-order valence-corrected chi connectivity index (χ3v) is 3.51. The molecule has 0 saturated carbocycles. The molecule has 0 spiro atoms. The number of imide groups is 1. The fraction of sp³-hybridized carbons (Fsp3) is 0.789. The molecule has 0 rings (SSSR count). The van der Waals surface area contributed by atoms with Crippen LogP contribution in [-0.2, 0) is 19.1 Å². The normalized spacial score (nSPS) is 13.8. The standard InChI is InChI=1S/C19H35N3O7/c1-12(15(24)25)22(17(27)29-19(5,6)7)14(23)13(10-8-9-11-20)21-16(26)28-18(2,3)4/h12-13H,8-11,20H2,1-7H3,(H,21,26)(H,24,25)/t12-,13-/m0/s1. The van der Waals surface area contributed by atoms with Crippen LogP contribution in [0.25, 0.3) is 0 Å². The van der Waals surface area contributed by atoms with Gasteiger partial charge >= 0.3 is 18.2 Å². The van der Waals surface area contributed by atoms with Gasteiger partial charge in [0, 0.05) is 0 Å². The summed E-state index contributed by atoms with van der Waals surface area (Å²) in [5.74, 6) is -2.28. The van der Waals surface area contributed by atoms with Crippen LogP contribution in [0.15, 0.2) is 0 Å². The number of carbonyl (C=O) groups is 4. The van der Waals surface area contributed by atoms with E-state index in [2.05, 4.69) is 5.32 Å². The van der Waals surface area contributed by atoms with Crippen LogP contribution < -0.4 is 11.1 Å². The molecule has 0 aliphatic rings. The second-order valence-corrected chi connectivity index (χ2v) is 8.69. The zero-order valence-electron chi connectivity index (χ0n) is 18.4. The van der Waals surface area contributed by atoms with Gasteiger partial charge in [0.2, 0.25) is 0 Å². The van der Waals surface area contributed by atoms with E-state index in [0.717, 1.165) is 0 Å². The van der Waals surface area contributed by atoms with Gasteiger partial charge in [-0.25, -0.2) is 19.3 Å². The van der Waals surface area contributed by atoms with Crippen LogP contribution >= 0.6 is 0 Å². The number of rotatable bonds is 8. The molecular formula is C19H35N3O7. The molecule has 0 aromatic rings. The summed E-state index contributed by atoms with van der Waals surface area (Å²) >= 11 is 0. The summed E-state index contributed by atoms with van der Waals surface area (Å²) in [6, 6.07) is -2.67. The summed E-state index contributed by atoms with van der Waals surface area (Å²) in [4.78, 5) is 49.8. The Bertz CT molecular complexity index is 594. The summed E-state index contributed by atoms with van der Waals surface area (Å²) in [7, 11) is 0. The van der Waals surface area contributed by atoms with E-state index < -0.39 is 47.3 Å². The van der Waals surface area contributed by atoms with E-state index in [-0.39, 0.29) is 6.42 Å². The molecule has 0 unspecified atom stereocenters. The quantitative estimate of drug-likeness (QED) is 0.509. The van der Waals surface area contributed by atoms with E-state index in [4.69, 9.17) is 15.2 Å². The minimum atomic E-state index is -1.49. The molecular weight excluding hydrogens is 382 g/mol. The van der Waals surface area contributed by atoms with Crippen molar-refractivity contribution >= 4 is 24.1 Å². The maximum Gasteiger partial charge on any atom is 0.417 e. The SMILES string of the molecule is C[C@@H](C(=O)O)N(C(=O)OC(C)(C)C)C(=O)[C@H](CCCCN)NC(=O)OC(C)(C)C. The number of carboxylic acids is 1. The highest BCUT2D eigenvalue weighted by atomic mass is 16.6. The van der Waals surface area contributed by atoms with Crippen LogP contribution in [0, 0.1) is 0 Å². The van der Waals surface area contributed by atoms with Crippen molar-refractivity contribution < 1.29 is 33.8 Å². The largest absolute Gasteiger partial charge is 0.480 e. The Kier molecular flexibility index (Phi) is 10.1. The average molecular weight is 418 g/mol. The van der Waals surface area contributed by atoms with Gasteiger partial charge in [-0.15, -0.1) is 0 Å². The van der Waals surface area contributed by atoms with E-state index >= 15 is 0 Å². The molecule has 0 aliphatic carbocycles. The Morgan fingerprint density at radius 2 is 1.52 bits per heavy atom. The number of carboxylic acid groups (broad SMARTS) is 1. The van der Waals surface area contributed by atoms with Gasteiger partial charge in [0.1, 0.15) is 23.3 Å². The van der Waals surface area contributed by atoms with Crippen LogP contribution in [0.4, 0.5) is 9.59 Å². The number of aliphatic carboxylic acids is 1. The summed E-state index contributed by atoms with van der Waals surface area (Å²) in [5, 5.41) is 11.8.